The maximum Gasteiger partial charge on any atom is 0.472 e. The van der Waals surface area contributed by atoms with Gasteiger partial charge >= 0.3 is 7.82 Å². The van der Waals surface area contributed by atoms with Crippen LogP contribution in [0.5, 0.6) is 0 Å². The average Bonchev–Trinajstić information content (AvgIpc) is 2.21. The fourth-order valence-corrected chi connectivity index (χ4v) is 2.69. The maximum absolute atomic E-state index is 11.8. The van der Waals surface area contributed by atoms with E-state index < -0.39 is 25.2 Å². The molecule has 2 atom stereocenters. The lowest BCUT2D eigenvalue weighted by atomic mass is 9.87. The second-order valence-electron chi connectivity index (χ2n) is 4.96. The van der Waals surface area contributed by atoms with Gasteiger partial charge in [-0.25, -0.2) is 4.57 Å². The van der Waals surface area contributed by atoms with E-state index in [0.717, 1.165) is 0 Å². The van der Waals surface area contributed by atoms with E-state index in [9.17, 15) is 19.0 Å². The average molecular weight is 279 g/mol. The van der Waals surface area contributed by atoms with Crippen LogP contribution < -0.4 is 5.32 Å². The van der Waals surface area contributed by atoms with Crippen LogP contribution in [0.2, 0.25) is 0 Å². The molecule has 1 unspecified atom stereocenters. The first kappa shape index (κ1) is 15.3. The Morgan fingerprint density at radius 3 is 2.67 bits per heavy atom. The summed E-state index contributed by atoms with van der Waals surface area (Å²) in [7, 11) is -4.16. The summed E-state index contributed by atoms with van der Waals surface area (Å²) in [4.78, 5) is 31.8. The molecule has 0 aromatic rings. The predicted octanol–water partition coefficient (Wildman–Crippen LogP) is 0.624. The Morgan fingerprint density at radius 2 is 2.11 bits per heavy atom. The Morgan fingerprint density at radius 1 is 1.50 bits per heavy atom. The molecular formula is C10H18NO6P. The lowest BCUT2D eigenvalue weighted by Crippen LogP contribution is -2.49. The zero-order valence-electron chi connectivity index (χ0n) is 10.6. The first-order chi connectivity index (χ1) is 8.14. The summed E-state index contributed by atoms with van der Waals surface area (Å²) in [6.07, 6.45) is -0.861. The van der Waals surface area contributed by atoms with Crippen molar-refractivity contribution >= 4 is 19.5 Å². The molecule has 1 saturated heterocycles. The van der Waals surface area contributed by atoms with Crippen molar-refractivity contribution in [1.82, 2.24) is 5.32 Å². The van der Waals surface area contributed by atoms with Crippen molar-refractivity contribution in [2.24, 2.45) is 5.41 Å². The topological polar surface area (TPSA) is 102 Å². The summed E-state index contributed by atoms with van der Waals surface area (Å²) in [6.45, 7) is 4.94. The Labute approximate surface area is 105 Å². The first-order valence-corrected chi connectivity index (χ1v) is 7.06. The third kappa shape index (κ3) is 4.17. The van der Waals surface area contributed by atoms with E-state index in [0.29, 0.717) is 0 Å². The van der Waals surface area contributed by atoms with E-state index in [1.807, 2.05) is 0 Å². The smallest absolute Gasteiger partial charge is 0.353 e. The summed E-state index contributed by atoms with van der Waals surface area (Å²) in [5.74, 6) is -0.561. The molecule has 7 nitrogen and oxygen atoms in total. The van der Waals surface area contributed by atoms with Gasteiger partial charge in [0.2, 0.25) is 5.91 Å². The van der Waals surface area contributed by atoms with Crippen molar-refractivity contribution in [3.05, 3.63) is 0 Å². The van der Waals surface area contributed by atoms with Gasteiger partial charge in [0.05, 0.1) is 6.61 Å². The molecule has 2 N–H and O–H groups in total. The molecule has 0 spiro atoms. The van der Waals surface area contributed by atoms with Crippen molar-refractivity contribution in [1.29, 1.82) is 0 Å². The second kappa shape index (κ2) is 5.48. The van der Waals surface area contributed by atoms with Gasteiger partial charge in [-0.1, -0.05) is 13.8 Å². The van der Waals surface area contributed by atoms with Crippen LogP contribution in [0.4, 0.5) is 0 Å². The summed E-state index contributed by atoms with van der Waals surface area (Å²) in [5.41, 5.74) is -0.711. The number of phosphoric acid groups is 1. The van der Waals surface area contributed by atoms with E-state index in [1.165, 1.54) is 6.92 Å². The number of carbonyl (C=O) groups is 2. The van der Waals surface area contributed by atoms with Gasteiger partial charge in [0.1, 0.15) is 5.78 Å². The minimum atomic E-state index is -4.16. The molecule has 0 aliphatic carbocycles. The number of hydrogen-bond donors (Lipinski definition) is 2. The minimum Gasteiger partial charge on any atom is -0.353 e. The molecule has 0 aromatic carbocycles. The number of nitrogens with one attached hydrogen (secondary N) is 1. The number of phosphoric ester groups is 1. The highest BCUT2D eigenvalue weighted by Crippen LogP contribution is 2.52. The van der Waals surface area contributed by atoms with Crippen LogP contribution >= 0.6 is 7.82 Å². The van der Waals surface area contributed by atoms with Crippen LogP contribution in [0.25, 0.3) is 0 Å². The highest BCUT2D eigenvalue weighted by atomic mass is 31.2. The van der Waals surface area contributed by atoms with Gasteiger partial charge in [-0.05, 0) is 6.92 Å². The summed E-state index contributed by atoms with van der Waals surface area (Å²) < 4.78 is 20.8. The lowest BCUT2D eigenvalue weighted by molar-refractivity contribution is -0.140. The largest absolute Gasteiger partial charge is 0.472 e. The Hall–Kier alpha value is -0.750. The number of amides is 1. The van der Waals surface area contributed by atoms with E-state index in [-0.39, 0.29) is 25.4 Å². The highest BCUT2D eigenvalue weighted by Gasteiger charge is 2.47. The summed E-state index contributed by atoms with van der Waals surface area (Å²) >= 11 is 0. The van der Waals surface area contributed by atoms with Gasteiger partial charge in [-0.3, -0.25) is 18.6 Å². The Balaban J connectivity index is 2.63. The van der Waals surface area contributed by atoms with Crippen LogP contribution in [0, 0.1) is 5.41 Å². The zero-order valence-corrected chi connectivity index (χ0v) is 11.5. The van der Waals surface area contributed by atoms with Crippen LogP contribution in [0.1, 0.15) is 27.2 Å². The number of rotatable bonds is 4. The molecule has 1 amide bonds. The molecule has 1 fully saturated rings. The SMILES string of the molecule is CC(=O)CCNC(=O)[C@@H]1OP(=O)(O)OCC1(C)C. The third-order valence-electron chi connectivity index (χ3n) is 2.56. The quantitative estimate of drug-likeness (QED) is 0.731. The van der Waals surface area contributed by atoms with Crippen molar-refractivity contribution in [2.45, 2.75) is 33.3 Å². The molecule has 104 valence electrons. The van der Waals surface area contributed by atoms with E-state index >= 15 is 0 Å². The zero-order chi connectivity index (χ0) is 14.0. The molecule has 0 bridgehead atoms. The number of ketones is 1. The van der Waals surface area contributed by atoms with Crippen LogP contribution in [0.3, 0.4) is 0 Å². The monoisotopic (exact) mass is 279 g/mol. The molecular weight excluding hydrogens is 261 g/mol. The van der Waals surface area contributed by atoms with Crippen molar-refractivity contribution in [3.8, 4) is 0 Å². The van der Waals surface area contributed by atoms with Crippen molar-refractivity contribution in [3.63, 3.8) is 0 Å². The van der Waals surface area contributed by atoms with Gasteiger partial charge < -0.3 is 10.2 Å². The fourth-order valence-electron chi connectivity index (χ4n) is 1.49. The molecule has 0 saturated carbocycles. The minimum absolute atomic E-state index is 0.0460. The number of Topliss-reactive ketones (excluding diaryl/α,β-unsaturated/α-hetero) is 1. The second-order valence-corrected chi connectivity index (χ2v) is 6.37. The van der Waals surface area contributed by atoms with Gasteiger partial charge in [0.15, 0.2) is 6.10 Å². The molecule has 18 heavy (non-hydrogen) atoms. The van der Waals surface area contributed by atoms with Gasteiger partial charge in [-0.2, -0.15) is 0 Å². The van der Waals surface area contributed by atoms with Gasteiger partial charge in [0, 0.05) is 18.4 Å². The summed E-state index contributed by atoms with van der Waals surface area (Å²) in [5, 5.41) is 2.50. The van der Waals surface area contributed by atoms with Crippen LogP contribution in [-0.4, -0.2) is 35.8 Å². The normalized spacial score (nSPS) is 30.8. The lowest BCUT2D eigenvalue weighted by Gasteiger charge is -2.38. The molecule has 0 aromatic heterocycles. The van der Waals surface area contributed by atoms with E-state index in [4.69, 9.17) is 4.52 Å². The fraction of sp³-hybridized carbons (Fsp3) is 0.800. The van der Waals surface area contributed by atoms with Gasteiger partial charge in [-0.15, -0.1) is 0 Å². The molecule has 0 radical (unpaired) electrons. The number of hydrogen-bond acceptors (Lipinski definition) is 5. The van der Waals surface area contributed by atoms with E-state index in [1.54, 1.807) is 13.8 Å². The number of carbonyl (C=O) groups excluding carboxylic acids is 2. The Bertz CT molecular complexity index is 394. The maximum atomic E-state index is 11.8. The molecule has 1 rings (SSSR count). The summed E-state index contributed by atoms with van der Waals surface area (Å²) in [6, 6.07) is 0. The first-order valence-electron chi connectivity index (χ1n) is 5.57. The standard InChI is InChI=1S/C10H18NO6P/c1-7(12)4-5-11-9(13)8-10(2,3)6-16-18(14,15)17-8/h8H,4-6H2,1-3H3,(H,11,13)(H,14,15)/t8-/m0/s1. The molecule has 1 heterocycles. The highest BCUT2D eigenvalue weighted by molar-refractivity contribution is 7.47. The van der Waals surface area contributed by atoms with Crippen LogP contribution in [-0.2, 0) is 23.2 Å². The van der Waals surface area contributed by atoms with Gasteiger partial charge in [0.25, 0.3) is 0 Å². The van der Waals surface area contributed by atoms with Crippen LogP contribution in [0.15, 0.2) is 0 Å². The molecule has 1 aliphatic heterocycles. The van der Waals surface area contributed by atoms with Crippen molar-refractivity contribution in [2.75, 3.05) is 13.2 Å². The molecule has 8 heteroatoms. The van der Waals surface area contributed by atoms with Crippen molar-refractivity contribution < 1.29 is 28.1 Å². The molecule has 1 aliphatic rings. The predicted molar refractivity (Wildman–Crippen MR) is 62.7 cm³/mol. The third-order valence-corrected chi connectivity index (χ3v) is 3.50. The van der Waals surface area contributed by atoms with E-state index in [2.05, 4.69) is 9.84 Å². The Kier molecular flexibility index (Phi) is 4.66.